The van der Waals surface area contributed by atoms with Crippen LogP contribution in [0.3, 0.4) is 0 Å². The first-order valence-electron chi connectivity index (χ1n) is 4.28. The van der Waals surface area contributed by atoms with Crippen LogP contribution in [0.2, 0.25) is 0 Å². The highest BCUT2D eigenvalue weighted by Crippen LogP contribution is 1.88. The maximum Gasteiger partial charge on any atom is 0.0354 e. The predicted molar refractivity (Wildman–Crippen MR) is 53.6 cm³/mol. The van der Waals surface area contributed by atoms with Crippen LogP contribution in [-0.4, -0.2) is 26.4 Å². The Morgan fingerprint density at radius 2 is 2.17 bits per heavy atom. The number of rotatable bonds is 6. The maximum atomic E-state index is 6.89. The zero-order chi connectivity index (χ0) is 9.40. The molecular weight excluding hydrogens is 150 g/mol. The van der Waals surface area contributed by atoms with E-state index in [-0.39, 0.29) is 0 Å². The predicted octanol–water partition coefficient (Wildman–Crippen LogP) is 0.985. The molecule has 0 radical (unpaired) electrons. The Morgan fingerprint density at radius 3 is 2.58 bits per heavy atom. The van der Waals surface area contributed by atoms with Crippen LogP contribution in [-0.2, 0) is 0 Å². The van der Waals surface area contributed by atoms with E-state index in [4.69, 9.17) is 5.41 Å². The average molecular weight is 169 g/mol. The molecule has 0 aliphatic rings. The van der Waals surface area contributed by atoms with Crippen molar-refractivity contribution in [3.63, 3.8) is 0 Å². The highest BCUT2D eigenvalue weighted by atomic mass is 14.9. The normalized spacial score (nSPS) is 11.8. The Hall–Kier alpha value is -0.830. The molecule has 0 rings (SSSR count). The molecule has 0 aromatic heterocycles. The fraction of sp³-hybridized carbons (Fsp3) is 0.667. The molecule has 0 unspecified atom stereocenters. The molecular formula is C9H19N3. The van der Waals surface area contributed by atoms with Crippen molar-refractivity contribution in [3.8, 4) is 0 Å². The number of likely N-dealkylation sites (N-methyl/N-ethyl adjacent to an activating group) is 1. The van der Waals surface area contributed by atoms with Crippen molar-refractivity contribution in [1.82, 2.24) is 10.6 Å². The average Bonchev–Trinajstić information content (AvgIpc) is 2.02. The Labute approximate surface area is 74.8 Å². The van der Waals surface area contributed by atoms with Gasteiger partial charge in [0.1, 0.15) is 0 Å². The SMILES string of the molecule is CN/C(=C\C=N)CNCC(C)C. The molecule has 0 saturated heterocycles. The van der Waals surface area contributed by atoms with Gasteiger partial charge in [0.15, 0.2) is 0 Å². The summed E-state index contributed by atoms with van der Waals surface area (Å²) in [7, 11) is 1.87. The maximum absolute atomic E-state index is 6.89. The Balaban J connectivity index is 3.59. The van der Waals surface area contributed by atoms with E-state index >= 15 is 0 Å². The summed E-state index contributed by atoms with van der Waals surface area (Å²) in [4.78, 5) is 0. The zero-order valence-corrected chi connectivity index (χ0v) is 8.15. The Kier molecular flexibility index (Phi) is 6.38. The van der Waals surface area contributed by atoms with Crippen molar-refractivity contribution >= 4 is 6.21 Å². The van der Waals surface area contributed by atoms with E-state index in [2.05, 4.69) is 24.5 Å². The lowest BCUT2D eigenvalue weighted by Crippen LogP contribution is -2.26. The highest BCUT2D eigenvalue weighted by Gasteiger charge is 1.94. The van der Waals surface area contributed by atoms with Crippen LogP contribution < -0.4 is 10.6 Å². The molecule has 0 spiro atoms. The highest BCUT2D eigenvalue weighted by molar-refractivity contribution is 5.68. The lowest BCUT2D eigenvalue weighted by Gasteiger charge is -2.09. The molecule has 3 heteroatoms. The van der Waals surface area contributed by atoms with Crippen LogP contribution in [0.15, 0.2) is 11.8 Å². The largest absolute Gasteiger partial charge is 0.390 e. The second-order valence-electron chi connectivity index (χ2n) is 3.13. The molecule has 0 bridgehead atoms. The number of allylic oxidation sites excluding steroid dienone is 1. The minimum Gasteiger partial charge on any atom is -0.390 e. The van der Waals surface area contributed by atoms with Gasteiger partial charge in [-0.1, -0.05) is 13.8 Å². The zero-order valence-electron chi connectivity index (χ0n) is 8.15. The number of hydrogen-bond acceptors (Lipinski definition) is 3. The van der Waals surface area contributed by atoms with E-state index < -0.39 is 0 Å². The fourth-order valence-electron chi connectivity index (χ4n) is 0.827. The van der Waals surface area contributed by atoms with Gasteiger partial charge in [-0.2, -0.15) is 0 Å². The first-order valence-corrected chi connectivity index (χ1v) is 4.28. The summed E-state index contributed by atoms with van der Waals surface area (Å²) in [6.45, 7) is 6.17. The Morgan fingerprint density at radius 1 is 1.50 bits per heavy atom. The van der Waals surface area contributed by atoms with Gasteiger partial charge in [-0.25, -0.2) is 0 Å². The fourth-order valence-corrected chi connectivity index (χ4v) is 0.827. The summed E-state index contributed by atoms with van der Waals surface area (Å²) < 4.78 is 0. The molecule has 0 aromatic rings. The number of hydrogen-bond donors (Lipinski definition) is 3. The number of nitrogens with one attached hydrogen (secondary N) is 3. The van der Waals surface area contributed by atoms with Gasteiger partial charge in [-0.05, 0) is 18.5 Å². The molecule has 70 valence electrons. The van der Waals surface area contributed by atoms with Gasteiger partial charge in [0.05, 0.1) is 0 Å². The summed E-state index contributed by atoms with van der Waals surface area (Å²) in [6, 6.07) is 0. The summed E-state index contributed by atoms with van der Waals surface area (Å²) in [6.07, 6.45) is 3.05. The van der Waals surface area contributed by atoms with Crippen molar-refractivity contribution in [2.75, 3.05) is 20.1 Å². The van der Waals surface area contributed by atoms with Gasteiger partial charge in [0.2, 0.25) is 0 Å². The summed E-state index contributed by atoms with van der Waals surface area (Å²) in [5.41, 5.74) is 1.05. The standard InChI is InChI=1S/C9H19N3/c1-8(2)6-12-7-9(11-3)4-5-10/h4-5,8,10-12H,6-7H2,1-3H3/b9-4-,10-5?. The molecule has 3 N–H and O–H groups in total. The molecule has 0 saturated carbocycles. The van der Waals surface area contributed by atoms with Crippen LogP contribution in [0.25, 0.3) is 0 Å². The van der Waals surface area contributed by atoms with Crippen LogP contribution in [0, 0.1) is 11.3 Å². The van der Waals surface area contributed by atoms with Gasteiger partial charge in [-0.15, -0.1) is 0 Å². The second-order valence-corrected chi connectivity index (χ2v) is 3.13. The molecule has 0 aliphatic heterocycles. The minimum atomic E-state index is 0.670. The van der Waals surface area contributed by atoms with E-state index in [1.807, 2.05) is 7.05 Å². The topological polar surface area (TPSA) is 47.9 Å². The van der Waals surface area contributed by atoms with Gasteiger partial charge in [0, 0.05) is 25.5 Å². The molecule has 0 amide bonds. The van der Waals surface area contributed by atoms with Crippen molar-refractivity contribution in [2.45, 2.75) is 13.8 Å². The third-order valence-electron chi connectivity index (χ3n) is 1.47. The van der Waals surface area contributed by atoms with Crippen molar-refractivity contribution in [1.29, 1.82) is 5.41 Å². The van der Waals surface area contributed by atoms with Crippen LogP contribution in [0.5, 0.6) is 0 Å². The molecule has 0 atom stereocenters. The monoisotopic (exact) mass is 169 g/mol. The molecule has 12 heavy (non-hydrogen) atoms. The summed E-state index contributed by atoms with van der Waals surface area (Å²) >= 11 is 0. The first kappa shape index (κ1) is 11.2. The minimum absolute atomic E-state index is 0.670. The van der Waals surface area contributed by atoms with E-state index in [1.165, 1.54) is 6.21 Å². The van der Waals surface area contributed by atoms with Gasteiger partial charge in [-0.3, -0.25) is 0 Å². The van der Waals surface area contributed by atoms with Crippen LogP contribution in [0.4, 0.5) is 0 Å². The van der Waals surface area contributed by atoms with E-state index in [0.717, 1.165) is 18.8 Å². The van der Waals surface area contributed by atoms with E-state index in [1.54, 1.807) is 6.08 Å². The second kappa shape index (κ2) is 6.85. The third-order valence-corrected chi connectivity index (χ3v) is 1.47. The van der Waals surface area contributed by atoms with Gasteiger partial charge >= 0.3 is 0 Å². The molecule has 0 aromatic carbocycles. The smallest absolute Gasteiger partial charge is 0.0354 e. The van der Waals surface area contributed by atoms with Crippen molar-refractivity contribution < 1.29 is 0 Å². The van der Waals surface area contributed by atoms with E-state index in [0.29, 0.717) is 5.92 Å². The molecule has 0 heterocycles. The van der Waals surface area contributed by atoms with E-state index in [9.17, 15) is 0 Å². The van der Waals surface area contributed by atoms with Crippen molar-refractivity contribution in [2.24, 2.45) is 5.92 Å². The van der Waals surface area contributed by atoms with Crippen molar-refractivity contribution in [3.05, 3.63) is 11.8 Å². The quantitative estimate of drug-likeness (QED) is 0.519. The lowest BCUT2D eigenvalue weighted by atomic mass is 10.2. The molecule has 0 fully saturated rings. The lowest BCUT2D eigenvalue weighted by molar-refractivity contribution is 0.565. The Bertz CT molecular complexity index is 150. The molecule has 0 aliphatic carbocycles. The van der Waals surface area contributed by atoms with Crippen LogP contribution >= 0.6 is 0 Å². The third kappa shape index (κ3) is 5.92. The van der Waals surface area contributed by atoms with Crippen LogP contribution in [0.1, 0.15) is 13.8 Å². The summed E-state index contributed by atoms with van der Waals surface area (Å²) in [5.74, 6) is 0.670. The summed E-state index contributed by atoms with van der Waals surface area (Å²) in [5, 5.41) is 13.2. The van der Waals surface area contributed by atoms with Gasteiger partial charge in [0.25, 0.3) is 0 Å². The van der Waals surface area contributed by atoms with Gasteiger partial charge < -0.3 is 16.0 Å². The first-order chi connectivity index (χ1) is 5.70. The molecule has 3 nitrogen and oxygen atoms in total.